The van der Waals surface area contributed by atoms with Crippen molar-refractivity contribution >= 4 is 27.3 Å². The highest BCUT2D eigenvalue weighted by Gasteiger charge is 2.32. The van der Waals surface area contributed by atoms with Gasteiger partial charge in [-0.1, -0.05) is 11.6 Å². The van der Waals surface area contributed by atoms with Crippen molar-refractivity contribution in [2.24, 2.45) is 0 Å². The van der Waals surface area contributed by atoms with Gasteiger partial charge in [-0.25, -0.2) is 8.42 Å². The number of alkyl halides is 3. The number of hydrogen-bond acceptors (Lipinski definition) is 3. The molecule has 1 fully saturated rings. The molecule has 0 aromatic heterocycles. The zero-order valence-corrected chi connectivity index (χ0v) is 12.4. The van der Waals surface area contributed by atoms with Crippen LogP contribution in [0.2, 0.25) is 5.02 Å². The van der Waals surface area contributed by atoms with E-state index in [0.717, 1.165) is 18.7 Å². The smallest absolute Gasteiger partial charge is 0.315 e. The van der Waals surface area contributed by atoms with Crippen LogP contribution in [0.15, 0.2) is 18.2 Å². The van der Waals surface area contributed by atoms with Gasteiger partial charge < -0.3 is 5.32 Å². The second-order valence-electron chi connectivity index (χ2n) is 4.81. The maximum Gasteiger partial charge on any atom is 0.416 e. The molecule has 1 aliphatic rings. The molecule has 1 saturated heterocycles. The molecule has 1 heterocycles. The van der Waals surface area contributed by atoms with Crippen molar-refractivity contribution in [1.82, 2.24) is 5.32 Å². The molecule has 21 heavy (non-hydrogen) atoms. The summed E-state index contributed by atoms with van der Waals surface area (Å²) < 4.78 is 64.5. The number of benzene rings is 1. The molecule has 1 unspecified atom stereocenters. The molecule has 4 nitrogen and oxygen atoms in total. The Hall–Kier alpha value is -0.990. The van der Waals surface area contributed by atoms with Crippen molar-refractivity contribution in [3.05, 3.63) is 28.8 Å². The zero-order chi connectivity index (χ0) is 15.7. The summed E-state index contributed by atoms with van der Waals surface area (Å²) in [6, 6.07) is 2.54. The predicted octanol–water partition coefficient (Wildman–Crippen LogP) is 2.85. The highest BCUT2D eigenvalue weighted by molar-refractivity contribution is 7.93. The predicted molar refractivity (Wildman–Crippen MR) is 74.9 cm³/mol. The lowest BCUT2D eigenvalue weighted by Crippen LogP contribution is -2.41. The summed E-state index contributed by atoms with van der Waals surface area (Å²) in [5.41, 5.74) is -1.21. The van der Waals surface area contributed by atoms with E-state index in [9.17, 15) is 21.6 Å². The largest absolute Gasteiger partial charge is 0.416 e. The molecule has 1 aliphatic heterocycles. The molecule has 0 spiro atoms. The average molecular weight is 343 g/mol. The first-order valence-corrected chi connectivity index (χ1v) is 8.22. The second-order valence-corrected chi connectivity index (χ2v) is 7.18. The maximum atomic E-state index is 12.7. The van der Waals surface area contributed by atoms with E-state index in [2.05, 4.69) is 10.0 Å². The van der Waals surface area contributed by atoms with E-state index in [-0.39, 0.29) is 17.3 Å². The van der Waals surface area contributed by atoms with Crippen molar-refractivity contribution in [1.29, 1.82) is 0 Å². The van der Waals surface area contributed by atoms with Crippen LogP contribution in [0.4, 0.5) is 18.9 Å². The summed E-state index contributed by atoms with van der Waals surface area (Å²) in [5, 5.41) is 2.19. The van der Waals surface area contributed by atoms with Crippen LogP contribution in [0.5, 0.6) is 0 Å². The normalized spacial score (nSPS) is 20.3. The first-order chi connectivity index (χ1) is 9.70. The van der Waals surface area contributed by atoms with Crippen molar-refractivity contribution in [2.75, 3.05) is 17.8 Å². The fourth-order valence-corrected chi connectivity index (χ4v) is 3.78. The minimum atomic E-state index is -4.56. The molecular weight excluding hydrogens is 329 g/mol. The number of piperidine rings is 1. The van der Waals surface area contributed by atoms with E-state index in [1.165, 1.54) is 0 Å². The minimum Gasteiger partial charge on any atom is -0.315 e. The van der Waals surface area contributed by atoms with Gasteiger partial charge in [0.1, 0.15) is 0 Å². The van der Waals surface area contributed by atoms with Crippen molar-refractivity contribution in [3.8, 4) is 0 Å². The summed E-state index contributed by atoms with van der Waals surface area (Å²) in [4.78, 5) is 0. The van der Waals surface area contributed by atoms with Gasteiger partial charge in [0.2, 0.25) is 10.0 Å². The summed E-state index contributed by atoms with van der Waals surface area (Å²) in [5.74, 6) is 0. The van der Waals surface area contributed by atoms with Crippen LogP contribution in [-0.2, 0) is 16.2 Å². The van der Waals surface area contributed by atoms with E-state index < -0.39 is 27.0 Å². The Labute approximate surface area is 125 Å². The first-order valence-electron chi connectivity index (χ1n) is 6.29. The van der Waals surface area contributed by atoms with Gasteiger partial charge in [-0.2, -0.15) is 13.2 Å². The zero-order valence-electron chi connectivity index (χ0n) is 10.9. The molecule has 1 atom stereocenters. The van der Waals surface area contributed by atoms with Crippen LogP contribution in [0.3, 0.4) is 0 Å². The Morgan fingerprint density at radius 1 is 1.33 bits per heavy atom. The van der Waals surface area contributed by atoms with Crippen LogP contribution in [-0.4, -0.2) is 26.8 Å². The third-order valence-corrected chi connectivity index (χ3v) is 5.35. The third-order valence-electron chi connectivity index (χ3n) is 3.24. The molecule has 0 saturated carbocycles. The Morgan fingerprint density at radius 2 is 2.05 bits per heavy atom. The number of hydrogen-bond donors (Lipinski definition) is 2. The van der Waals surface area contributed by atoms with Crippen LogP contribution >= 0.6 is 11.6 Å². The van der Waals surface area contributed by atoms with Crippen LogP contribution in [0.1, 0.15) is 18.4 Å². The molecule has 2 N–H and O–H groups in total. The molecule has 0 bridgehead atoms. The van der Waals surface area contributed by atoms with E-state index in [1.54, 1.807) is 0 Å². The standard InChI is InChI=1S/C12H14ClF3N2O2S/c13-10-4-3-8(12(14,15)16)6-11(10)18-21(19,20)9-2-1-5-17-7-9/h3-4,6,9,17-18H,1-2,5,7H2. The van der Waals surface area contributed by atoms with Gasteiger partial charge in [-0.05, 0) is 37.6 Å². The van der Waals surface area contributed by atoms with E-state index in [1.807, 2.05) is 0 Å². The second kappa shape index (κ2) is 6.02. The van der Waals surface area contributed by atoms with Gasteiger partial charge in [0.25, 0.3) is 0 Å². The van der Waals surface area contributed by atoms with Gasteiger partial charge in [0.15, 0.2) is 0 Å². The summed E-state index contributed by atoms with van der Waals surface area (Å²) in [6.07, 6.45) is -3.40. The molecule has 2 rings (SSSR count). The van der Waals surface area contributed by atoms with Gasteiger partial charge in [0.05, 0.1) is 21.5 Å². The fourth-order valence-electron chi connectivity index (χ4n) is 2.10. The van der Waals surface area contributed by atoms with Crippen molar-refractivity contribution < 1.29 is 21.6 Å². The summed E-state index contributed by atoms with van der Waals surface area (Å²) in [6.45, 7) is 1.00. The highest BCUT2D eigenvalue weighted by atomic mass is 35.5. The summed E-state index contributed by atoms with van der Waals surface area (Å²) in [7, 11) is -3.79. The lowest BCUT2D eigenvalue weighted by atomic mass is 10.2. The van der Waals surface area contributed by atoms with Gasteiger partial charge in [0, 0.05) is 6.54 Å². The van der Waals surface area contributed by atoms with Gasteiger partial charge in [-0.15, -0.1) is 0 Å². The molecule has 0 radical (unpaired) electrons. The molecule has 0 aliphatic carbocycles. The summed E-state index contributed by atoms with van der Waals surface area (Å²) >= 11 is 5.78. The van der Waals surface area contributed by atoms with Crippen LogP contribution < -0.4 is 10.0 Å². The number of rotatable bonds is 3. The molecule has 1 aromatic carbocycles. The van der Waals surface area contributed by atoms with Crippen molar-refractivity contribution in [2.45, 2.75) is 24.3 Å². The number of anilines is 1. The van der Waals surface area contributed by atoms with Crippen LogP contribution in [0.25, 0.3) is 0 Å². The van der Waals surface area contributed by atoms with Crippen molar-refractivity contribution in [3.63, 3.8) is 0 Å². The maximum absolute atomic E-state index is 12.7. The Balaban J connectivity index is 2.26. The fraction of sp³-hybridized carbons (Fsp3) is 0.500. The Bertz CT molecular complexity index is 613. The molecule has 9 heteroatoms. The lowest BCUT2D eigenvalue weighted by Gasteiger charge is -2.23. The highest BCUT2D eigenvalue weighted by Crippen LogP contribution is 2.34. The van der Waals surface area contributed by atoms with Gasteiger partial charge >= 0.3 is 6.18 Å². The minimum absolute atomic E-state index is 0.0738. The number of halogens is 4. The Kier molecular flexibility index (Phi) is 4.69. The van der Waals surface area contributed by atoms with E-state index >= 15 is 0 Å². The average Bonchev–Trinajstić information content (AvgIpc) is 2.41. The monoisotopic (exact) mass is 342 g/mol. The molecule has 118 valence electrons. The van der Waals surface area contributed by atoms with Gasteiger partial charge in [-0.3, -0.25) is 4.72 Å². The quantitative estimate of drug-likeness (QED) is 0.888. The number of nitrogens with one attached hydrogen (secondary N) is 2. The topological polar surface area (TPSA) is 58.2 Å². The SMILES string of the molecule is O=S(=O)(Nc1cc(C(F)(F)F)ccc1Cl)C1CCCNC1. The van der Waals surface area contributed by atoms with Crippen LogP contribution in [0, 0.1) is 0 Å². The number of sulfonamides is 1. The molecule has 0 amide bonds. The Morgan fingerprint density at radius 3 is 2.62 bits per heavy atom. The lowest BCUT2D eigenvalue weighted by molar-refractivity contribution is -0.137. The first kappa shape index (κ1) is 16.4. The van der Waals surface area contributed by atoms with E-state index in [4.69, 9.17) is 11.6 Å². The molecular formula is C12H14ClF3N2O2S. The third kappa shape index (κ3) is 4.02. The molecule has 1 aromatic rings. The van der Waals surface area contributed by atoms with E-state index in [0.29, 0.717) is 18.9 Å².